The van der Waals surface area contributed by atoms with Gasteiger partial charge in [-0.25, -0.2) is 9.97 Å². The molecule has 19 heavy (non-hydrogen) atoms. The third-order valence-corrected chi connectivity index (χ3v) is 4.51. The second-order valence-electron chi connectivity index (χ2n) is 4.57. The van der Waals surface area contributed by atoms with Crippen molar-refractivity contribution in [3.8, 4) is 11.4 Å². The van der Waals surface area contributed by atoms with E-state index in [2.05, 4.69) is 41.2 Å². The van der Waals surface area contributed by atoms with E-state index >= 15 is 0 Å². The van der Waals surface area contributed by atoms with Crippen LogP contribution in [-0.2, 0) is 12.8 Å². The zero-order chi connectivity index (χ0) is 13.2. The van der Waals surface area contributed by atoms with Crippen molar-refractivity contribution < 1.29 is 0 Å². The van der Waals surface area contributed by atoms with Gasteiger partial charge in [0.25, 0.3) is 0 Å². The van der Waals surface area contributed by atoms with Crippen LogP contribution < -0.4 is 0 Å². The molecule has 0 unspecified atom stereocenters. The first kappa shape index (κ1) is 12.9. The van der Waals surface area contributed by atoms with E-state index in [0.717, 1.165) is 47.7 Å². The maximum absolute atomic E-state index is 6.25. The lowest BCUT2D eigenvalue weighted by atomic mass is 10.2. The second-order valence-corrected chi connectivity index (χ2v) is 6.27. The van der Waals surface area contributed by atoms with Crippen molar-refractivity contribution >= 4 is 23.4 Å². The van der Waals surface area contributed by atoms with Gasteiger partial charge < -0.3 is 0 Å². The Balaban J connectivity index is 1.96. The number of nitrogens with zero attached hydrogens (tertiary/aromatic N) is 2. The number of fused-ring (bicyclic) bond motifs is 1. The third-order valence-electron chi connectivity index (χ3n) is 3.31. The summed E-state index contributed by atoms with van der Waals surface area (Å²) in [7, 11) is 0. The average Bonchev–Trinajstić information content (AvgIpc) is 2.89. The molecular weight excluding hydrogens is 276 g/mol. The molecule has 98 valence electrons. The van der Waals surface area contributed by atoms with Crippen molar-refractivity contribution in [1.29, 1.82) is 0 Å². The van der Waals surface area contributed by atoms with E-state index in [1.54, 1.807) is 0 Å². The number of aryl methyl sites for hydroxylation is 1. The third kappa shape index (κ3) is 2.63. The normalized spacial score (nSPS) is 13.6. The van der Waals surface area contributed by atoms with Crippen LogP contribution in [0.1, 0.15) is 24.6 Å². The number of rotatable bonds is 3. The van der Waals surface area contributed by atoms with Crippen molar-refractivity contribution in [3.05, 3.63) is 40.7 Å². The first-order chi connectivity index (χ1) is 9.28. The van der Waals surface area contributed by atoms with Gasteiger partial charge in [0.05, 0.1) is 0 Å². The van der Waals surface area contributed by atoms with Gasteiger partial charge >= 0.3 is 0 Å². The summed E-state index contributed by atoms with van der Waals surface area (Å²) in [6.45, 7) is 2.15. The molecule has 1 aromatic heterocycles. The second kappa shape index (κ2) is 5.51. The zero-order valence-electron chi connectivity index (χ0n) is 10.8. The Morgan fingerprint density at radius 1 is 1.16 bits per heavy atom. The highest BCUT2D eigenvalue weighted by Gasteiger charge is 2.18. The minimum absolute atomic E-state index is 0.629. The van der Waals surface area contributed by atoms with Gasteiger partial charge in [0.2, 0.25) is 0 Å². The van der Waals surface area contributed by atoms with Crippen LogP contribution in [-0.4, -0.2) is 15.7 Å². The highest BCUT2D eigenvalue weighted by molar-refractivity contribution is 7.99. The Labute approximate surface area is 122 Å². The van der Waals surface area contributed by atoms with Gasteiger partial charge in [0.15, 0.2) is 5.82 Å². The predicted molar refractivity (Wildman–Crippen MR) is 80.9 cm³/mol. The minimum Gasteiger partial charge on any atom is -0.233 e. The molecule has 1 heterocycles. The van der Waals surface area contributed by atoms with Crippen LogP contribution in [0.2, 0.25) is 5.15 Å². The Kier molecular flexibility index (Phi) is 3.76. The molecule has 0 saturated heterocycles. The molecular formula is C15H15ClN2S. The van der Waals surface area contributed by atoms with E-state index in [0.29, 0.717) is 5.15 Å². The number of benzene rings is 1. The van der Waals surface area contributed by atoms with Crippen molar-refractivity contribution in [2.75, 3.05) is 5.75 Å². The molecule has 3 rings (SSSR count). The topological polar surface area (TPSA) is 25.8 Å². The monoisotopic (exact) mass is 290 g/mol. The van der Waals surface area contributed by atoms with Crippen molar-refractivity contribution in [2.24, 2.45) is 0 Å². The van der Waals surface area contributed by atoms with Gasteiger partial charge in [-0.15, -0.1) is 11.8 Å². The molecule has 1 aliphatic carbocycles. The summed E-state index contributed by atoms with van der Waals surface area (Å²) in [5, 5.41) is 0.629. The molecule has 2 nitrogen and oxygen atoms in total. The van der Waals surface area contributed by atoms with Crippen molar-refractivity contribution in [2.45, 2.75) is 31.1 Å². The lowest BCUT2D eigenvalue weighted by Gasteiger charge is -2.06. The summed E-state index contributed by atoms with van der Waals surface area (Å²) >= 11 is 8.09. The Morgan fingerprint density at radius 2 is 1.95 bits per heavy atom. The fourth-order valence-electron chi connectivity index (χ4n) is 2.38. The van der Waals surface area contributed by atoms with Crippen molar-refractivity contribution in [1.82, 2.24) is 9.97 Å². The van der Waals surface area contributed by atoms with E-state index in [1.807, 2.05) is 11.8 Å². The number of hydrogen-bond donors (Lipinski definition) is 0. The summed E-state index contributed by atoms with van der Waals surface area (Å²) in [6.07, 6.45) is 3.17. The first-order valence-corrected chi connectivity index (χ1v) is 7.93. The molecule has 0 fully saturated rings. The van der Waals surface area contributed by atoms with Crippen LogP contribution in [0.4, 0.5) is 0 Å². The van der Waals surface area contributed by atoms with Crippen LogP contribution >= 0.6 is 23.4 Å². The molecule has 0 N–H and O–H groups in total. The molecule has 0 radical (unpaired) electrons. The molecule has 2 aromatic rings. The van der Waals surface area contributed by atoms with E-state index in [4.69, 9.17) is 11.6 Å². The smallest absolute Gasteiger partial charge is 0.161 e. The van der Waals surface area contributed by atoms with Crippen LogP contribution in [0.15, 0.2) is 29.2 Å². The molecule has 4 heteroatoms. The standard InChI is InChI=1S/C15H15ClN2S/c1-2-19-11-8-6-10(7-9-11)15-17-13-5-3-4-12(13)14(16)18-15/h6-9H,2-5H2,1H3. The predicted octanol–water partition coefficient (Wildman–Crippen LogP) is 4.40. The lowest BCUT2D eigenvalue weighted by molar-refractivity contribution is 0.900. The first-order valence-electron chi connectivity index (χ1n) is 6.56. The van der Waals surface area contributed by atoms with Crippen molar-refractivity contribution in [3.63, 3.8) is 0 Å². The lowest BCUT2D eigenvalue weighted by Crippen LogP contribution is -1.97. The summed E-state index contributed by atoms with van der Waals surface area (Å²) in [5.74, 6) is 1.83. The minimum atomic E-state index is 0.629. The number of thioether (sulfide) groups is 1. The Bertz CT molecular complexity index is 596. The van der Waals surface area contributed by atoms with Gasteiger partial charge in [0, 0.05) is 21.7 Å². The fourth-order valence-corrected chi connectivity index (χ4v) is 3.33. The number of hydrogen-bond acceptors (Lipinski definition) is 3. The summed E-state index contributed by atoms with van der Waals surface area (Å²) < 4.78 is 0. The zero-order valence-corrected chi connectivity index (χ0v) is 12.4. The van der Waals surface area contributed by atoms with Gasteiger partial charge in [0.1, 0.15) is 5.15 Å². The summed E-state index contributed by atoms with van der Waals surface area (Å²) in [5.41, 5.74) is 3.31. The molecule has 0 bridgehead atoms. The summed E-state index contributed by atoms with van der Waals surface area (Å²) in [6, 6.07) is 8.39. The quantitative estimate of drug-likeness (QED) is 0.619. The van der Waals surface area contributed by atoms with E-state index in [-0.39, 0.29) is 0 Å². The largest absolute Gasteiger partial charge is 0.233 e. The van der Waals surface area contributed by atoms with Gasteiger partial charge in [-0.05, 0) is 37.1 Å². The number of aromatic nitrogens is 2. The summed E-state index contributed by atoms with van der Waals surface area (Å²) in [4.78, 5) is 10.4. The maximum atomic E-state index is 6.25. The number of halogens is 1. The van der Waals surface area contributed by atoms with Gasteiger partial charge in [-0.1, -0.05) is 30.7 Å². The molecule has 0 atom stereocenters. The molecule has 0 spiro atoms. The van der Waals surface area contributed by atoms with Gasteiger partial charge in [-0.2, -0.15) is 0 Å². The van der Waals surface area contributed by atoms with Crippen LogP contribution in [0.25, 0.3) is 11.4 Å². The molecule has 1 aliphatic rings. The van der Waals surface area contributed by atoms with Gasteiger partial charge in [-0.3, -0.25) is 0 Å². The van der Waals surface area contributed by atoms with Crippen LogP contribution in [0, 0.1) is 0 Å². The molecule has 0 amide bonds. The molecule has 1 aromatic carbocycles. The average molecular weight is 291 g/mol. The molecule has 0 aliphatic heterocycles. The van der Waals surface area contributed by atoms with E-state index in [1.165, 1.54) is 4.90 Å². The van der Waals surface area contributed by atoms with Crippen LogP contribution in [0.3, 0.4) is 0 Å². The highest BCUT2D eigenvalue weighted by atomic mass is 35.5. The highest BCUT2D eigenvalue weighted by Crippen LogP contribution is 2.29. The van der Waals surface area contributed by atoms with Crippen LogP contribution in [0.5, 0.6) is 0 Å². The van der Waals surface area contributed by atoms with E-state index in [9.17, 15) is 0 Å². The molecule has 0 saturated carbocycles. The maximum Gasteiger partial charge on any atom is 0.161 e. The van der Waals surface area contributed by atoms with E-state index < -0.39 is 0 Å². The Morgan fingerprint density at radius 3 is 2.68 bits per heavy atom. The fraction of sp³-hybridized carbons (Fsp3) is 0.333. The SMILES string of the molecule is CCSc1ccc(-c2nc(Cl)c3c(n2)CCC3)cc1. The Hall–Kier alpha value is -1.06.